The van der Waals surface area contributed by atoms with E-state index in [9.17, 15) is 4.39 Å². The summed E-state index contributed by atoms with van der Waals surface area (Å²) in [6, 6.07) is 4.37. The second kappa shape index (κ2) is 4.95. The second-order valence-electron chi connectivity index (χ2n) is 5.08. The molecule has 1 aromatic heterocycles. The van der Waals surface area contributed by atoms with Crippen LogP contribution < -0.4 is 5.73 Å². The molecule has 1 aliphatic rings. The first kappa shape index (κ1) is 12.1. The third-order valence-electron chi connectivity index (χ3n) is 3.39. The summed E-state index contributed by atoms with van der Waals surface area (Å²) < 4.78 is 15.1. The molecule has 5 nitrogen and oxygen atoms in total. The summed E-state index contributed by atoms with van der Waals surface area (Å²) in [5.41, 5.74) is 6.64. The van der Waals surface area contributed by atoms with Crippen LogP contribution >= 0.6 is 0 Å². The van der Waals surface area contributed by atoms with E-state index in [4.69, 9.17) is 5.73 Å². The zero-order chi connectivity index (χ0) is 13.2. The lowest BCUT2D eigenvalue weighted by molar-refractivity contribution is 0.526. The second-order valence-corrected chi connectivity index (χ2v) is 5.08. The summed E-state index contributed by atoms with van der Waals surface area (Å²) in [7, 11) is 0. The van der Waals surface area contributed by atoms with Crippen LogP contribution in [0.2, 0.25) is 0 Å². The fourth-order valence-electron chi connectivity index (χ4n) is 2.24. The summed E-state index contributed by atoms with van der Waals surface area (Å²) in [5, 5.41) is 11.6. The van der Waals surface area contributed by atoms with Gasteiger partial charge in [-0.3, -0.25) is 0 Å². The minimum Gasteiger partial charge on any atom is -0.399 e. The first-order valence-electron chi connectivity index (χ1n) is 6.55. The number of halogens is 1. The number of benzene rings is 1. The molecule has 1 heterocycles. The number of aromatic nitrogens is 4. The van der Waals surface area contributed by atoms with Gasteiger partial charge in [-0.25, -0.2) is 9.07 Å². The maximum Gasteiger partial charge on any atom is 0.182 e. The van der Waals surface area contributed by atoms with Gasteiger partial charge >= 0.3 is 0 Å². The number of hydrogen-bond donors (Lipinski definition) is 1. The van der Waals surface area contributed by atoms with Crippen molar-refractivity contribution in [3.05, 3.63) is 24.0 Å². The average Bonchev–Trinajstić information content (AvgIpc) is 3.04. The van der Waals surface area contributed by atoms with Gasteiger partial charge in [-0.1, -0.05) is 12.8 Å². The lowest BCUT2D eigenvalue weighted by Crippen LogP contribution is -2.04. The zero-order valence-electron chi connectivity index (χ0n) is 10.6. The van der Waals surface area contributed by atoms with E-state index in [0.717, 1.165) is 18.9 Å². The zero-order valence-corrected chi connectivity index (χ0v) is 10.6. The molecule has 0 saturated heterocycles. The number of anilines is 1. The Balaban J connectivity index is 1.77. The van der Waals surface area contributed by atoms with E-state index in [1.54, 1.807) is 10.7 Å². The van der Waals surface area contributed by atoms with Gasteiger partial charge in [-0.15, -0.1) is 5.10 Å². The molecule has 0 radical (unpaired) electrons. The molecule has 1 saturated carbocycles. The van der Waals surface area contributed by atoms with Crippen molar-refractivity contribution in [1.29, 1.82) is 0 Å². The van der Waals surface area contributed by atoms with E-state index < -0.39 is 0 Å². The third-order valence-corrected chi connectivity index (χ3v) is 3.39. The van der Waals surface area contributed by atoms with Gasteiger partial charge in [0.05, 0.1) is 0 Å². The molecular formula is C13H16FN5. The number of nitrogens with two attached hydrogens (primary N) is 1. The molecule has 2 aromatic rings. The van der Waals surface area contributed by atoms with Crippen molar-refractivity contribution < 1.29 is 4.39 Å². The van der Waals surface area contributed by atoms with Crippen LogP contribution in [0, 0.1) is 11.7 Å². The molecule has 0 aliphatic heterocycles. The fraction of sp³-hybridized carbons (Fsp3) is 0.462. The summed E-state index contributed by atoms with van der Waals surface area (Å²) in [6.07, 6.45) is 4.96. The van der Waals surface area contributed by atoms with E-state index in [0.29, 0.717) is 17.1 Å². The molecule has 19 heavy (non-hydrogen) atoms. The van der Waals surface area contributed by atoms with Crippen LogP contribution in [0.3, 0.4) is 0 Å². The SMILES string of the molecule is Nc1cc(F)cc(-c2nnnn2CCCC2CC2)c1. The summed E-state index contributed by atoms with van der Waals surface area (Å²) in [4.78, 5) is 0. The van der Waals surface area contributed by atoms with Crippen molar-refractivity contribution in [2.75, 3.05) is 5.73 Å². The molecule has 0 atom stereocenters. The highest BCUT2D eigenvalue weighted by molar-refractivity contribution is 5.61. The van der Waals surface area contributed by atoms with Crippen LogP contribution in [-0.4, -0.2) is 20.2 Å². The van der Waals surface area contributed by atoms with Crippen molar-refractivity contribution in [3.8, 4) is 11.4 Å². The minimum atomic E-state index is -0.373. The number of hydrogen-bond acceptors (Lipinski definition) is 4. The molecule has 6 heteroatoms. The Bertz CT molecular complexity index is 556. The lowest BCUT2D eigenvalue weighted by Gasteiger charge is -2.05. The Labute approximate surface area is 110 Å². The van der Waals surface area contributed by atoms with Crippen molar-refractivity contribution in [3.63, 3.8) is 0 Å². The van der Waals surface area contributed by atoms with Crippen LogP contribution in [-0.2, 0) is 6.54 Å². The number of aryl methyl sites for hydroxylation is 1. The molecule has 100 valence electrons. The highest BCUT2D eigenvalue weighted by Gasteiger charge is 2.20. The van der Waals surface area contributed by atoms with Gasteiger partial charge in [0.15, 0.2) is 5.82 Å². The number of nitrogens with zero attached hydrogens (tertiary/aromatic N) is 4. The molecule has 2 N–H and O–H groups in total. The lowest BCUT2D eigenvalue weighted by atomic mass is 10.1. The van der Waals surface area contributed by atoms with Gasteiger partial charge in [0.2, 0.25) is 0 Å². The molecule has 0 spiro atoms. The quantitative estimate of drug-likeness (QED) is 0.838. The number of tetrazole rings is 1. The Morgan fingerprint density at radius 2 is 2.16 bits per heavy atom. The maximum atomic E-state index is 13.4. The highest BCUT2D eigenvalue weighted by atomic mass is 19.1. The van der Waals surface area contributed by atoms with Crippen molar-refractivity contribution in [1.82, 2.24) is 20.2 Å². The van der Waals surface area contributed by atoms with Gasteiger partial charge in [0, 0.05) is 17.8 Å². The number of nitrogen functional groups attached to an aromatic ring is 1. The molecule has 1 aliphatic carbocycles. The highest BCUT2D eigenvalue weighted by Crippen LogP contribution is 2.33. The van der Waals surface area contributed by atoms with Gasteiger partial charge < -0.3 is 5.73 Å². The first-order valence-corrected chi connectivity index (χ1v) is 6.55. The van der Waals surface area contributed by atoms with E-state index in [-0.39, 0.29) is 5.82 Å². The summed E-state index contributed by atoms with van der Waals surface area (Å²) in [6.45, 7) is 0.759. The smallest absolute Gasteiger partial charge is 0.182 e. The van der Waals surface area contributed by atoms with Gasteiger partial charge in [0.1, 0.15) is 5.82 Å². The molecule has 0 unspecified atom stereocenters. The van der Waals surface area contributed by atoms with Crippen molar-refractivity contribution in [2.45, 2.75) is 32.2 Å². The maximum absolute atomic E-state index is 13.4. The van der Waals surface area contributed by atoms with E-state index in [1.165, 1.54) is 31.4 Å². The van der Waals surface area contributed by atoms with Crippen LogP contribution in [0.15, 0.2) is 18.2 Å². The van der Waals surface area contributed by atoms with Gasteiger partial charge in [-0.2, -0.15) is 0 Å². The Kier molecular flexibility index (Phi) is 3.15. The van der Waals surface area contributed by atoms with Crippen LogP contribution in [0.25, 0.3) is 11.4 Å². The van der Waals surface area contributed by atoms with Crippen molar-refractivity contribution in [2.24, 2.45) is 5.92 Å². The summed E-state index contributed by atoms with van der Waals surface area (Å²) >= 11 is 0. The van der Waals surface area contributed by atoms with E-state index in [2.05, 4.69) is 15.5 Å². The largest absolute Gasteiger partial charge is 0.399 e. The van der Waals surface area contributed by atoms with Crippen molar-refractivity contribution >= 4 is 5.69 Å². The molecule has 1 fully saturated rings. The normalized spacial score (nSPS) is 14.8. The molecule has 0 bridgehead atoms. The fourth-order valence-corrected chi connectivity index (χ4v) is 2.24. The summed E-state index contributed by atoms with van der Waals surface area (Å²) in [5.74, 6) is 1.09. The predicted octanol–water partition coefficient (Wildman–Crippen LogP) is 2.25. The predicted molar refractivity (Wildman–Crippen MR) is 69.6 cm³/mol. The number of rotatable bonds is 5. The minimum absolute atomic E-state index is 0.373. The van der Waals surface area contributed by atoms with Crippen LogP contribution in [0.4, 0.5) is 10.1 Å². The Morgan fingerprint density at radius 1 is 1.32 bits per heavy atom. The standard InChI is InChI=1S/C13H16FN5/c14-11-6-10(7-12(15)8-11)13-16-17-18-19(13)5-1-2-9-3-4-9/h6-9H,1-5,15H2. The average molecular weight is 261 g/mol. The van der Waals surface area contributed by atoms with Crippen LogP contribution in [0.5, 0.6) is 0 Å². The third kappa shape index (κ3) is 2.89. The monoisotopic (exact) mass is 261 g/mol. The molecule has 3 rings (SSSR count). The van der Waals surface area contributed by atoms with Gasteiger partial charge in [0.25, 0.3) is 0 Å². The molecule has 0 amide bonds. The van der Waals surface area contributed by atoms with E-state index >= 15 is 0 Å². The Morgan fingerprint density at radius 3 is 2.89 bits per heavy atom. The van der Waals surface area contributed by atoms with E-state index in [1.807, 2.05) is 0 Å². The Hall–Kier alpha value is -1.98. The van der Waals surface area contributed by atoms with Crippen LogP contribution in [0.1, 0.15) is 25.7 Å². The molecular weight excluding hydrogens is 245 g/mol. The first-order chi connectivity index (χ1) is 9.22. The molecule has 1 aromatic carbocycles. The van der Waals surface area contributed by atoms with Gasteiger partial charge in [-0.05, 0) is 47.4 Å². The topological polar surface area (TPSA) is 69.6 Å².